The zero-order valence-electron chi connectivity index (χ0n) is 10.5. The molecule has 19 heavy (non-hydrogen) atoms. The quantitative estimate of drug-likeness (QED) is 0.673. The van der Waals surface area contributed by atoms with Crippen molar-refractivity contribution < 1.29 is 4.55 Å². The molecule has 0 amide bonds. The van der Waals surface area contributed by atoms with E-state index in [4.69, 9.17) is 0 Å². The zero-order chi connectivity index (χ0) is 13.4. The van der Waals surface area contributed by atoms with Gasteiger partial charge in [0.15, 0.2) is 5.82 Å². The highest BCUT2D eigenvalue weighted by molar-refractivity contribution is 7.91. The predicted octanol–water partition coefficient (Wildman–Crippen LogP) is 2.41. The van der Waals surface area contributed by atoms with Gasteiger partial charge < -0.3 is 4.55 Å². The van der Waals surface area contributed by atoms with Gasteiger partial charge in [-0.05, 0) is 24.1 Å². The van der Waals surface area contributed by atoms with Crippen molar-refractivity contribution in [3.8, 4) is 0 Å². The second kappa shape index (κ2) is 4.68. The fraction of sp³-hybridized carbons (Fsp3) is 0.143. The molecular formula is C14H13N3OS. The van der Waals surface area contributed by atoms with E-state index >= 15 is 0 Å². The van der Waals surface area contributed by atoms with Gasteiger partial charge in [-0.2, -0.15) is 0 Å². The summed E-state index contributed by atoms with van der Waals surface area (Å²) in [5, 5.41) is 8.64. The van der Waals surface area contributed by atoms with Crippen molar-refractivity contribution in [2.45, 2.75) is 12.1 Å². The summed E-state index contributed by atoms with van der Waals surface area (Å²) in [4.78, 5) is 0. The highest BCUT2D eigenvalue weighted by Crippen LogP contribution is 2.29. The van der Waals surface area contributed by atoms with Crippen LogP contribution < -0.4 is 0 Å². The number of hydrogen-bond donors (Lipinski definition) is 0. The average molecular weight is 271 g/mol. The molecule has 2 heterocycles. The van der Waals surface area contributed by atoms with Crippen LogP contribution in [-0.4, -0.2) is 25.1 Å². The molecule has 1 unspecified atom stereocenters. The number of aromatic nitrogens is 3. The molecular weight excluding hydrogens is 258 g/mol. The molecule has 2 aromatic rings. The fourth-order valence-corrected chi connectivity index (χ4v) is 2.85. The van der Waals surface area contributed by atoms with Crippen LogP contribution in [0.2, 0.25) is 0 Å². The zero-order valence-corrected chi connectivity index (χ0v) is 11.4. The van der Waals surface area contributed by atoms with Gasteiger partial charge in [-0.25, -0.2) is 4.57 Å². The lowest BCUT2D eigenvalue weighted by Crippen LogP contribution is -2.10. The van der Waals surface area contributed by atoms with Gasteiger partial charge in [0.25, 0.3) is 0 Å². The predicted molar refractivity (Wildman–Crippen MR) is 76.8 cm³/mol. The molecule has 1 aromatic heterocycles. The van der Waals surface area contributed by atoms with Gasteiger partial charge in [-0.1, -0.05) is 35.9 Å². The highest BCUT2D eigenvalue weighted by atomic mass is 32.2. The Hall–Kier alpha value is -1.85. The molecule has 0 spiro atoms. The van der Waals surface area contributed by atoms with E-state index in [2.05, 4.69) is 16.8 Å². The van der Waals surface area contributed by atoms with E-state index in [1.165, 1.54) is 0 Å². The second-order valence-corrected chi connectivity index (χ2v) is 5.83. The summed E-state index contributed by atoms with van der Waals surface area (Å²) in [6, 6.07) is 7.97. The molecule has 1 aromatic carbocycles. The maximum absolute atomic E-state index is 12.0. The lowest BCUT2D eigenvalue weighted by Gasteiger charge is -2.07. The van der Waals surface area contributed by atoms with Gasteiger partial charge >= 0.3 is 5.16 Å². The number of benzene rings is 1. The Morgan fingerprint density at radius 3 is 2.89 bits per heavy atom. The van der Waals surface area contributed by atoms with Crippen LogP contribution in [0, 0.1) is 0 Å². The van der Waals surface area contributed by atoms with Crippen molar-refractivity contribution in [2.24, 2.45) is 0 Å². The third-order valence-corrected chi connectivity index (χ3v) is 4.30. The molecule has 3 rings (SSSR count). The van der Waals surface area contributed by atoms with Crippen molar-refractivity contribution >= 4 is 29.0 Å². The smallest absolute Gasteiger partial charge is 0.347 e. The van der Waals surface area contributed by atoms with Crippen molar-refractivity contribution in [2.75, 3.05) is 5.75 Å². The first kappa shape index (κ1) is 12.2. The summed E-state index contributed by atoms with van der Waals surface area (Å²) in [5.41, 5.74) is 2.90. The van der Waals surface area contributed by atoms with Crippen molar-refractivity contribution in [3.63, 3.8) is 0 Å². The van der Waals surface area contributed by atoms with E-state index in [9.17, 15) is 4.55 Å². The summed E-state index contributed by atoms with van der Waals surface area (Å²) in [7, 11) is 0. The third kappa shape index (κ3) is 1.91. The van der Waals surface area contributed by atoms with Gasteiger partial charge in [-0.3, -0.25) is 0 Å². The van der Waals surface area contributed by atoms with Crippen LogP contribution in [0.5, 0.6) is 0 Å². The second-order valence-electron chi connectivity index (χ2n) is 4.19. The molecule has 96 valence electrons. The Labute approximate surface area is 114 Å². The first-order valence-electron chi connectivity index (χ1n) is 6.02. The fourth-order valence-electron chi connectivity index (χ4n) is 2.09. The van der Waals surface area contributed by atoms with Crippen molar-refractivity contribution in [3.05, 3.63) is 47.8 Å². The van der Waals surface area contributed by atoms with E-state index in [-0.39, 0.29) is 0 Å². The Morgan fingerprint density at radius 1 is 1.32 bits per heavy atom. The van der Waals surface area contributed by atoms with Crippen LogP contribution in [0.1, 0.15) is 23.9 Å². The Kier molecular flexibility index (Phi) is 3.00. The highest BCUT2D eigenvalue weighted by Gasteiger charge is 2.24. The maximum atomic E-state index is 12.0. The lowest BCUT2D eigenvalue weighted by molar-refractivity contribution is 0.585. The van der Waals surface area contributed by atoms with Gasteiger partial charge in [0.05, 0.1) is 0 Å². The standard InChI is InChI=1S/C14H13N3OS/c1-3-19(18)14-16-15-13-10(2)12-7-5-4-6-11(12)8-9-17(13)14/h4-9H,2-3H2,1H3. The molecule has 0 saturated heterocycles. The van der Waals surface area contributed by atoms with E-state index in [0.29, 0.717) is 16.7 Å². The number of nitrogens with zero attached hydrogens (tertiary/aromatic N) is 3. The Balaban J connectivity index is 2.18. The molecule has 0 saturated carbocycles. The largest absolute Gasteiger partial charge is 0.609 e. The topological polar surface area (TPSA) is 53.8 Å². The normalized spacial score (nSPS) is 14.7. The van der Waals surface area contributed by atoms with Crippen LogP contribution in [-0.2, 0) is 11.2 Å². The average Bonchev–Trinajstić information content (AvgIpc) is 2.82. The maximum Gasteiger partial charge on any atom is 0.347 e. The molecule has 1 aliphatic rings. The van der Waals surface area contributed by atoms with Crippen LogP contribution in [0.3, 0.4) is 0 Å². The van der Waals surface area contributed by atoms with Crippen LogP contribution in [0.15, 0.2) is 36.0 Å². The van der Waals surface area contributed by atoms with Gasteiger partial charge in [0.1, 0.15) is 5.75 Å². The van der Waals surface area contributed by atoms with E-state index in [0.717, 1.165) is 16.7 Å². The van der Waals surface area contributed by atoms with Crippen LogP contribution in [0.4, 0.5) is 0 Å². The number of rotatable bonds is 2. The monoisotopic (exact) mass is 271 g/mol. The molecule has 1 aliphatic heterocycles. The molecule has 0 fully saturated rings. The summed E-state index contributed by atoms with van der Waals surface area (Å²) in [6.45, 7) is 5.96. The molecule has 0 aliphatic carbocycles. The summed E-state index contributed by atoms with van der Waals surface area (Å²) >= 11 is -1.14. The molecule has 1 atom stereocenters. The minimum absolute atomic E-state index is 0.475. The van der Waals surface area contributed by atoms with Crippen LogP contribution in [0.25, 0.3) is 17.8 Å². The van der Waals surface area contributed by atoms with Gasteiger partial charge in [0.2, 0.25) is 0 Å². The first-order valence-corrected chi connectivity index (χ1v) is 7.34. The van der Waals surface area contributed by atoms with E-state index in [1.54, 1.807) is 4.57 Å². The minimum atomic E-state index is -1.14. The van der Waals surface area contributed by atoms with Crippen molar-refractivity contribution in [1.29, 1.82) is 0 Å². The Bertz CT molecular complexity index is 675. The minimum Gasteiger partial charge on any atom is -0.609 e. The van der Waals surface area contributed by atoms with E-state index in [1.807, 2.05) is 43.5 Å². The molecule has 0 N–H and O–H groups in total. The van der Waals surface area contributed by atoms with E-state index < -0.39 is 11.2 Å². The Morgan fingerprint density at radius 2 is 2.11 bits per heavy atom. The third-order valence-electron chi connectivity index (χ3n) is 3.09. The first-order chi connectivity index (χ1) is 9.22. The SMILES string of the molecule is C=C1c2ccccc2C=Cn2c1nnc2[S+]([O-])CC. The number of fused-ring (bicyclic) bond motifs is 2. The summed E-state index contributed by atoms with van der Waals surface area (Å²) < 4.78 is 13.7. The van der Waals surface area contributed by atoms with Gasteiger partial charge in [-0.15, -0.1) is 5.10 Å². The molecule has 0 radical (unpaired) electrons. The molecule has 0 bridgehead atoms. The summed E-state index contributed by atoms with van der Waals surface area (Å²) in [5.74, 6) is 1.17. The lowest BCUT2D eigenvalue weighted by atomic mass is 10.0. The number of hydrogen-bond acceptors (Lipinski definition) is 3. The van der Waals surface area contributed by atoms with Gasteiger partial charge in [0, 0.05) is 22.9 Å². The summed E-state index contributed by atoms with van der Waals surface area (Å²) in [6.07, 6.45) is 3.83. The molecule has 5 heteroatoms. The van der Waals surface area contributed by atoms with Crippen molar-refractivity contribution in [1.82, 2.24) is 14.8 Å². The van der Waals surface area contributed by atoms with Crippen LogP contribution >= 0.6 is 0 Å². The molecule has 4 nitrogen and oxygen atoms in total.